The maximum absolute atomic E-state index is 10.7. The summed E-state index contributed by atoms with van der Waals surface area (Å²) < 4.78 is 5.54. The number of aliphatic hydroxyl groups is 1. The molecule has 124 valence electrons. The lowest BCUT2D eigenvalue weighted by Gasteiger charge is -2.29. The molecule has 0 bridgehead atoms. The van der Waals surface area contributed by atoms with Gasteiger partial charge >= 0.3 is 0 Å². The van der Waals surface area contributed by atoms with Crippen molar-refractivity contribution in [2.45, 2.75) is 51.9 Å². The van der Waals surface area contributed by atoms with Gasteiger partial charge in [-0.15, -0.1) is 0 Å². The molecule has 0 saturated heterocycles. The minimum absolute atomic E-state index is 0.0677. The molecule has 0 fully saturated rings. The topological polar surface area (TPSA) is 84.6 Å². The van der Waals surface area contributed by atoms with E-state index in [1.807, 2.05) is 34.6 Å². The third kappa shape index (κ3) is 6.09. The Morgan fingerprint density at radius 2 is 1.77 bits per heavy atom. The van der Waals surface area contributed by atoms with Crippen molar-refractivity contribution in [3.63, 3.8) is 0 Å². The van der Waals surface area contributed by atoms with Crippen LogP contribution in [0.25, 0.3) is 0 Å². The molecule has 6 nitrogen and oxygen atoms in total. The zero-order valence-corrected chi connectivity index (χ0v) is 13.9. The minimum atomic E-state index is -0.614. The molecule has 0 aliphatic carbocycles. The second-order valence-corrected chi connectivity index (χ2v) is 6.89. The van der Waals surface area contributed by atoms with Crippen molar-refractivity contribution in [3.8, 4) is 0 Å². The fourth-order valence-corrected chi connectivity index (χ4v) is 1.88. The molecule has 0 aliphatic rings. The average Bonchev–Trinajstić information content (AvgIpc) is 2.42. The van der Waals surface area contributed by atoms with Crippen molar-refractivity contribution in [1.82, 2.24) is 5.32 Å². The molecular formula is C16H26N2O4. The molecule has 0 radical (unpaired) electrons. The second-order valence-electron chi connectivity index (χ2n) is 6.89. The summed E-state index contributed by atoms with van der Waals surface area (Å²) in [5.74, 6) is 0. The van der Waals surface area contributed by atoms with Crippen molar-refractivity contribution in [1.29, 1.82) is 0 Å². The highest BCUT2D eigenvalue weighted by molar-refractivity contribution is 5.35. The van der Waals surface area contributed by atoms with Crippen molar-refractivity contribution >= 4 is 5.69 Å². The van der Waals surface area contributed by atoms with E-state index in [-0.39, 0.29) is 17.9 Å². The van der Waals surface area contributed by atoms with Gasteiger partial charge in [-0.1, -0.05) is 12.1 Å². The van der Waals surface area contributed by atoms with E-state index in [4.69, 9.17) is 4.74 Å². The van der Waals surface area contributed by atoms with Gasteiger partial charge in [-0.05, 0) is 40.2 Å². The van der Waals surface area contributed by atoms with Gasteiger partial charge in [-0.3, -0.25) is 10.1 Å². The predicted molar refractivity (Wildman–Crippen MR) is 85.8 cm³/mol. The highest BCUT2D eigenvalue weighted by atomic mass is 16.6. The first-order chi connectivity index (χ1) is 10.0. The summed E-state index contributed by atoms with van der Waals surface area (Å²) in [6.45, 7) is 10.4. The van der Waals surface area contributed by atoms with Gasteiger partial charge in [0.1, 0.15) is 0 Å². The molecule has 22 heavy (non-hydrogen) atoms. The quantitative estimate of drug-likeness (QED) is 0.597. The molecule has 1 unspecified atom stereocenters. The van der Waals surface area contributed by atoms with E-state index in [2.05, 4.69) is 5.32 Å². The van der Waals surface area contributed by atoms with E-state index in [1.54, 1.807) is 12.1 Å². The van der Waals surface area contributed by atoms with Crippen LogP contribution in [-0.2, 0) is 10.3 Å². The Labute approximate surface area is 131 Å². The minimum Gasteiger partial charge on any atom is -0.389 e. The van der Waals surface area contributed by atoms with Crippen LogP contribution in [0.4, 0.5) is 5.69 Å². The largest absolute Gasteiger partial charge is 0.389 e. The standard InChI is InChI=1S/C16H26N2O4/c1-15(2,3)22-11-14(19)10-17-16(4,5)12-6-8-13(9-7-12)18(20)21/h6-9,14,17,19H,10-11H2,1-5H3. The number of ether oxygens (including phenoxy) is 1. The van der Waals surface area contributed by atoms with Crippen LogP contribution >= 0.6 is 0 Å². The number of benzene rings is 1. The number of non-ortho nitro benzene ring substituents is 1. The van der Waals surface area contributed by atoms with E-state index in [1.165, 1.54) is 12.1 Å². The van der Waals surface area contributed by atoms with Crippen LogP contribution in [0.3, 0.4) is 0 Å². The van der Waals surface area contributed by atoms with Crippen LogP contribution in [0, 0.1) is 10.1 Å². The van der Waals surface area contributed by atoms with E-state index in [9.17, 15) is 15.2 Å². The van der Waals surface area contributed by atoms with Crippen LogP contribution in [0.2, 0.25) is 0 Å². The smallest absolute Gasteiger partial charge is 0.269 e. The first kappa shape index (κ1) is 18.5. The Hall–Kier alpha value is -1.50. The third-order valence-electron chi connectivity index (χ3n) is 3.29. The number of aliphatic hydroxyl groups excluding tert-OH is 1. The van der Waals surface area contributed by atoms with Gasteiger partial charge in [0, 0.05) is 24.2 Å². The van der Waals surface area contributed by atoms with E-state index in [0.717, 1.165) is 5.56 Å². The fourth-order valence-electron chi connectivity index (χ4n) is 1.88. The molecule has 1 aromatic rings. The highest BCUT2D eigenvalue weighted by Crippen LogP contribution is 2.22. The van der Waals surface area contributed by atoms with E-state index < -0.39 is 16.6 Å². The van der Waals surface area contributed by atoms with Crippen molar-refractivity contribution < 1.29 is 14.8 Å². The summed E-state index contributed by atoms with van der Waals surface area (Å²) in [5.41, 5.74) is 0.299. The van der Waals surface area contributed by atoms with Crippen LogP contribution < -0.4 is 5.32 Å². The first-order valence-electron chi connectivity index (χ1n) is 7.33. The molecule has 1 atom stereocenters. The molecule has 0 saturated carbocycles. The predicted octanol–water partition coefficient (Wildman–Crippen LogP) is 2.60. The normalized spacial score (nSPS) is 13.9. The van der Waals surface area contributed by atoms with Gasteiger partial charge in [0.05, 0.1) is 23.2 Å². The number of nitro benzene ring substituents is 1. The molecule has 6 heteroatoms. The Balaban J connectivity index is 2.57. The van der Waals surface area contributed by atoms with Gasteiger partial charge in [0.2, 0.25) is 0 Å². The molecule has 0 amide bonds. The van der Waals surface area contributed by atoms with Crippen molar-refractivity contribution in [3.05, 3.63) is 39.9 Å². The number of rotatable bonds is 7. The molecule has 2 N–H and O–H groups in total. The van der Waals surface area contributed by atoms with Crippen LogP contribution in [0.5, 0.6) is 0 Å². The van der Waals surface area contributed by atoms with Gasteiger partial charge in [0.25, 0.3) is 5.69 Å². The maximum Gasteiger partial charge on any atom is 0.269 e. The Morgan fingerprint density at radius 1 is 1.23 bits per heavy atom. The SMILES string of the molecule is CC(C)(C)OCC(O)CNC(C)(C)c1ccc([N+](=O)[O-])cc1. The highest BCUT2D eigenvalue weighted by Gasteiger charge is 2.22. The van der Waals surface area contributed by atoms with Gasteiger partial charge < -0.3 is 15.2 Å². The summed E-state index contributed by atoms with van der Waals surface area (Å²) in [6, 6.07) is 6.42. The molecule has 1 rings (SSSR count). The van der Waals surface area contributed by atoms with Gasteiger partial charge in [0.15, 0.2) is 0 Å². The summed E-state index contributed by atoms with van der Waals surface area (Å²) in [4.78, 5) is 10.3. The molecule has 0 aromatic heterocycles. The Kier molecular flexibility index (Phi) is 6.05. The lowest BCUT2D eigenvalue weighted by molar-refractivity contribution is -0.384. The summed E-state index contributed by atoms with van der Waals surface area (Å²) >= 11 is 0. The molecular weight excluding hydrogens is 284 g/mol. The van der Waals surface area contributed by atoms with Crippen LogP contribution in [0.15, 0.2) is 24.3 Å². The van der Waals surface area contributed by atoms with Gasteiger partial charge in [-0.25, -0.2) is 0 Å². The Bertz CT molecular complexity index is 492. The van der Waals surface area contributed by atoms with Crippen molar-refractivity contribution in [2.24, 2.45) is 0 Å². The zero-order chi connectivity index (χ0) is 17.0. The molecule has 0 heterocycles. The van der Waals surface area contributed by atoms with Crippen LogP contribution in [0.1, 0.15) is 40.2 Å². The lowest BCUT2D eigenvalue weighted by atomic mass is 9.94. The van der Waals surface area contributed by atoms with Crippen LogP contribution in [-0.4, -0.2) is 34.9 Å². The number of hydrogen-bond donors (Lipinski definition) is 2. The summed E-state index contributed by atoms with van der Waals surface area (Å²) in [7, 11) is 0. The lowest BCUT2D eigenvalue weighted by Crippen LogP contribution is -2.43. The first-order valence-corrected chi connectivity index (χ1v) is 7.33. The molecule has 1 aromatic carbocycles. The van der Waals surface area contributed by atoms with E-state index >= 15 is 0 Å². The number of nitrogens with zero attached hydrogens (tertiary/aromatic N) is 1. The number of nitro groups is 1. The fraction of sp³-hybridized carbons (Fsp3) is 0.625. The van der Waals surface area contributed by atoms with E-state index in [0.29, 0.717) is 6.54 Å². The second kappa shape index (κ2) is 7.17. The van der Waals surface area contributed by atoms with Crippen molar-refractivity contribution in [2.75, 3.05) is 13.2 Å². The molecule has 0 aliphatic heterocycles. The maximum atomic E-state index is 10.7. The molecule has 0 spiro atoms. The third-order valence-corrected chi connectivity index (χ3v) is 3.29. The number of hydrogen-bond acceptors (Lipinski definition) is 5. The monoisotopic (exact) mass is 310 g/mol. The summed E-state index contributed by atoms with van der Waals surface area (Å²) in [5, 5.41) is 23.9. The average molecular weight is 310 g/mol. The zero-order valence-electron chi connectivity index (χ0n) is 13.9. The Morgan fingerprint density at radius 3 is 2.23 bits per heavy atom. The number of nitrogens with one attached hydrogen (secondary N) is 1. The summed E-state index contributed by atoms with van der Waals surface area (Å²) in [6.07, 6.45) is -0.614. The van der Waals surface area contributed by atoms with Gasteiger partial charge in [-0.2, -0.15) is 0 Å².